The van der Waals surface area contributed by atoms with Crippen LogP contribution in [-0.4, -0.2) is 17.7 Å². The van der Waals surface area contributed by atoms with Gasteiger partial charge in [0.25, 0.3) is 0 Å². The number of hydrogen-bond acceptors (Lipinski definition) is 1. The first-order chi connectivity index (χ1) is 7.29. The Morgan fingerprint density at radius 2 is 1.80 bits per heavy atom. The Morgan fingerprint density at radius 3 is 2.47 bits per heavy atom. The SMILES string of the molecule is [O-][N+]1(/C=C/Cc2ccccc2)CCCC1. The van der Waals surface area contributed by atoms with Crippen molar-refractivity contribution in [2.75, 3.05) is 13.1 Å². The lowest BCUT2D eigenvalue weighted by molar-refractivity contribution is -0.815. The quantitative estimate of drug-likeness (QED) is 0.547. The minimum atomic E-state index is -0.118. The molecule has 1 aromatic rings. The molecule has 0 amide bonds. The second kappa shape index (κ2) is 4.60. The Kier molecular flexibility index (Phi) is 3.19. The Balaban J connectivity index is 1.90. The minimum absolute atomic E-state index is 0.118. The summed E-state index contributed by atoms with van der Waals surface area (Å²) >= 11 is 0. The highest BCUT2D eigenvalue weighted by atomic mass is 16.5. The summed E-state index contributed by atoms with van der Waals surface area (Å²) in [6.07, 6.45) is 6.83. The van der Waals surface area contributed by atoms with E-state index in [0.717, 1.165) is 32.4 Å². The van der Waals surface area contributed by atoms with Crippen LogP contribution in [0.3, 0.4) is 0 Å². The van der Waals surface area contributed by atoms with E-state index < -0.39 is 0 Å². The topological polar surface area (TPSA) is 23.1 Å². The van der Waals surface area contributed by atoms with E-state index in [0.29, 0.717) is 0 Å². The van der Waals surface area contributed by atoms with Gasteiger partial charge in [0.1, 0.15) is 0 Å². The molecule has 0 spiro atoms. The first-order valence-electron chi connectivity index (χ1n) is 5.58. The van der Waals surface area contributed by atoms with Gasteiger partial charge in [0.15, 0.2) is 0 Å². The van der Waals surface area contributed by atoms with Crippen LogP contribution in [0.15, 0.2) is 42.6 Å². The van der Waals surface area contributed by atoms with Crippen molar-refractivity contribution >= 4 is 0 Å². The number of allylic oxidation sites excluding steroid dienone is 1. The zero-order valence-electron chi connectivity index (χ0n) is 8.93. The van der Waals surface area contributed by atoms with Gasteiger partial charge in [-0.25, -0.2) is 0 Å². The molecular weight excluding hydrogens is 186 g/mol. The Hall–Kier alpha value is -1.12. The lowest BCUT2D eigenvalue weighted by Crippen LogP contribution is -2.31. The summed E-state index contributed by atoms with van der Waals surface area (Å²) in [7, 11) is 0. The summed E-state index contributed by atoms with van der Waals surface area (Å²) in [5.74, 6) is 0. The summed E-state index contributed by atoms with van der Waals surface area (Å²) in [4.78, 5) is 0. The molecule has 1 saturated heterocycles. The van der Waals surface area contributed by atoms with E-state index in [9.17, 15) is 5.21 Å². The molecule has 0 aromatic heterocycles. The van der Waals surface area contributed by atoms with Crippen molar-refractivity contribution in [1.29, 1.82) is 0 Å². The smallest absolute Gasteiger partial charge is 0.0921 e. The average molecular weight is 203 g/mol. The largest absolute Gasteiger partial charge is 0.628 e. The molecule has 1 aliphatic rings. The highest BCUT2D eigenvalue weighted by Crippen LogP contribution is 2.18. The molecule has 0 atom stereocenters. The van der Waals surface area contributed by atoms with E-state index in [1.165, 1.54) is 5.56 Å². The van der Waals surface area contributed by atoms with Crippen LogP contribution in [0.5, 0.6) is 0 Å². The molecule has 15 heavy (non-hydrogen) atoms. The zero-order chi connectivity index (χ0) is 10.6. The van der Waals surface area contributed by atoms with Crippen LogP contribution in [0.4, 0.5) is 0 Å². The third kappa shape index (κ3) is 2.91. The third-order valence-electron chi connectivity index (χ3n) is 2.90. The molecule has 1 aliphatic heterocycles. The summed E-state index contributed by atoms with van der Waals surface area (Å²) in [6.45, 7) is 1.51. The van der Waals surface area contributed by atoms with Gasteiger partial charge >= 0.3 is 0 Å². The molecule has 2 nitrogen and oxygen atoms in total. The molecule has 2 heteroatoms. The number of rotatable bonds is 3. The number of hydrogen-bond donors (Lipinski definition) is 0. The molecule has 0 bridgehead atoms. The Labute approximate surface area is 91.0 Å². The molecule has 1 heterocycles. The molecule has 0 saturated carbocycles. The first-order valence-corrected chi connectivity index (χ1v) is 5.58. The van der Waals surface area contributed by atoms with Gasteiger partial charge in [-0.05, 0) is 18.1 Å². The number of quaternary nitrogens is 1. The van der Waals surface area contributed by atoms with Gasteiger partial charge < -0.3 is 9.85 Å². The van der Waals surface area contributed by atoms with Crippen LogP contribution >= 0.6 is 0 Å². The van der Waals surface area contributed by atoms with Gasteiger partial charge in [0.2, 0.25) is 0 Å². The molecule has 0 radical (unpaired) electrons. The maximum Gasteiger partial charge on any atom is 0.0921 e. The second-order valence-electron chi connectivity index (χ2n) is 4.18. The number of hydroxylamine groups is 3. The molecule has 2 rings (SSSR count). The minimum Gasteiger partial charge on any atom is -0.628 e. The van der Waals surface area contributed by atoms with Gasteiger partial charge in [-0.1, -0.05) is 30.3 Å². The van der Waals surface area contributed by atoms with E-state index in [2.05, 4.69) is 12.1 Å². The molecular formula is C13H17NO. The Bertz CT molecular complexity index is 326. The van der Waals surface area contributed by atoms with Crippen molar-refractivity contribution in [2.45, 2.75) is 19.3 Å². The van der Waals surface area contributed by atoms with Gasteiger partial charge in [-0.15, -0.1) is 0 Å². The molecule has 1 aromatic carbocycles. The van der Waals surface area contributed by atoms with Crippen LogP contribution in [0.1, 0.15) is 18.4 Å². The fourth-order valence-corrected chi connectivity index (χ4v) is 2.01. The molecule has 1 fully saturated rings. The molecule has 80 valence electrons. The van der Waals surface area contributed by atoms with Crippen molar-refractivity contribution in [3.63, 3.8) is 0 Å². The van der Waals surface area contributed by atoms with Crippen LogP contribution in [0.2, 0.25) is 0 Å². The molecule has 0 unspecified atom stereocenters. The first kappa shape index (κ1) is 10.4. The highest BCUT2D eigenvalue weighted by Gasteiger charge is 2.19. The lowest BCUT2D eigenvalue weighted by Gasteiger charge is -2.33. The number of likely N-dealkylation sites (tertiary alicyclic amines) is 1. The summed E-state index contributed by atoms with van der Waals surface area (Å²) < 4.78 is -0.118. The Morgan fingerprint density at radius 1 is 1.13 bits per heavy atom. The fourth-order valence-electron chi connectivity index (χ4n) is 2.01. The summed E-state index contributed by atoms with van der Waals surface area (Å²) in [6, 6.07) is 10.2. The van der Waals surface area contributed by atoms with E-state index in [4.69, 9.17) is 0 Å². The predicted octanol–water partition coefficient (Wildman–Crippen LogP) is 2.85. The van der Waals surface area contributed by atoms with Gasteiger partial charge in [0.05, 0.1) is 19.3 Å². The van der Waals surface area contributed by atoms with Crippen molar-refractivity contribution in [3.05, 3.63) is 53.4 Å². The summed E-state index contributed by atoms with van der Waals surface area (Å²) in [5, 5.41) is 11.9. The monoisotopic (exact) mass is 203 g/mol. The average Bonchev–Trinajstić information content (AvgIpc) is 2.67. The molecule has 0 N–H and O–H groups in total. The second-order valence-corrected chi connectivity index (χ2v) is 4.18. The van der Waals surface area contributed by atoms with Crippen molar-refractivity contribution < 1.29 is 4.65 Å². The van der Waals surface area contributed by atoms with Crippen molar-refractivity contribution in [2.24, 2.45) is 0 Å². The normalized spacial score (nSPS) is 19.8. The van der Waals surface area contributed by atoms with Gasteiger partial charge in [-0.2, -0.15) is 0 Å². The number of nitrogens with zero attached hydrogens (tertiary/aromatic N) is 1. The van der Waals surface area contributed by atoms with Crippen LogP contribution < -0.4 is 0 Å². The maximum absolute atomic E-state index is 11.9. The van der Waals surface area contributed by atoms with E-state index >= 15 is 0 Å². The van der Waals surface area contributed by atoms with E-state index in [1.54, 1.807) is 0 Å². The van der Waals surface area contributed by atoms with Gasteiger partial charge in [0, 0.05) is 12.8 Å². The van der Waals surface area contributed by atoms with Crippen LogP contribution in [0, 0.1) is 5.21 Å². The van der Waals surface area contributed by atoms with Gasteiger partial charge in [-0.3, -0.25) is 0 Å². The van der Waals surface area contributed by atoms with Crippen LogP contribution in [-0.2, 0) is 6.42 Å². The predicted molar refractivity (Wildman–Crippen MR) is 61.9 cm³/mol. The standard InChI is InChI=1S/C13H17NO/c15-14(10-4-5-11-14)12-6-9-13-7-2-1-3-8-13/h1-3,6-8,12H,4-5,9-11H2/b12-6+. The van der Waals surface area contributed by atoms with E-state index in [-0.39, 0.29) is 4.65 Å². The zero-order valence-corrected chi connectivity index (χ0v) is 8.93. The van der Waals surface area contributed by atoms with Crippen molar-refractivity contribution in [3.8, 4) is 0 Å². The molecule has 0 aliphatic carbocycles. The number of benzene rings is 1. The fraction of sp³-hybridized carbons (Fsp3) is 0.385. The van der Waals surface area contributed by atoms with E-state index in [1.807, 2.05) is 30.5 Å². The third-order valence-corrected chi connectivity index (χ3v) is 2.90. The van der Waals surface area contributed by atoms with Crippen LogP contribution in [0.25, 0.3) is 0 Å². The van der Waals surface area contributed by atoms with Crippen molar-refractivity contribution in [1.82, 2.24) is 0 Å². The highest BCUT2D eigenvalue weighted by molar-refractivity contribution is 5.17. The maximum atomic E-state index is 11.9. The lowest BCUT2D eigenvalue weighted by atomic mass is 10.1. The summed E-state index contributed by atoms with van der Waals surface area (Å²) in [5.41, 5.74) is 1.26.